The van der Waals surface area contributed by atoms with Crippen LogP contribution in [0.5, 0.6) is 0 Å². The van der Waals surface area contributed by atoms with Gasteiger partial charge in [0, 0.05) is 12.5 Å². The van der Waals surface area contributed by atoms with Crippen LogP contribution in [0.1, 0.15) is 45.4 Å². The van der Waals surface area contributed by atoms with Gasteiger partial charge in [0.05, 0.1) is 12.2 Å². The third-order valence-electron chi connectivity index (χ3n) is 3.85. The summed E-state index contributed by atoms with van der Waals surface area (Å²) in [6.45, 7) is 3.07. The molecule has 0 spiro atoms. The topological polar surface area (TPSA) is 29.5 Å². The maximum atomic E-state index is 9.85. The Morgan fingerprint density at radius 1 is 1.29 bits per heavy atom. The summed E-state index contributed by atoms with van der Waals surface area (Å²) in [4.78, 5) is 0. The van der Waals surface area contributed by atoms with Crippen molar-refractivity contribution in [3.05, 3.63) is 0 Å². The first-order valence-corrected chi connectivity index (χ1v) is 6.11. The summed E-state index contributed by atoms with van der Waals surface area (Å²) in [6.07, 6.45) is 7.37. The predicted octanol–water partition coefficient (Wildman–Crippen LogP) is 2.35. The summed E-state index contributed by atoms with van der Waals surface area (Å²) in [5, 5.41) is 9.85. The minimum absolute atomic E-state index is 0.0749. The number of fused-ring (bicyclic) bond motifs is 3. The van der Waals surface area contributed by atoms with Gasteiger partial charge in [-0.05, 0) is 38.0 Å². The van der Waals surface area contributed by atoms with Crippen LogP contribution in [-0.2, 0) is 4.74 Å². The first-order chi connectivity index (χ1) is 6.81. The van der Waals surface area contributed by atoms with Gasteiger partial charge in [0.2, 0.25) is 0 Å². The zero-order chi connectivity index (χ0) is 9.97. The second-order valence-corrected chi connectivity index (χ2v) is 4.91. The molecule has 3 aliphatic carbocycles. The highest BCUT2D eigenvalue weighted by atomic mass is 16.5. The molecule has 3 rings (SSSR count). The maximum absolute atomic E-state index is 9.85. The van der Waals surface area contributed by atoms with Crippen LogP contribution in [0.4, 0.5) is 0 Å². The van der Waals surface area contributed by atoms with E-state index in [2.05, 4.69) is 6.92 Å². The number of hydrogen-bond donors (Lipinski definition) is 1. The molecule has 82 valence electrons. The maximum Gasteiger partial charge on any atom is 0.0630 e. The SMILES string of the molecule is CCCCOC1CC2CCC1C(O)C2. The molecule has 0 heterocycles. The van der Waals surface area contributed by atoms with E-state index in [4.69, 9.17) is 4.74 Å². The highest BCUT2D eigenvalue weighted by molar-refractivity contribution is 4.92. The summed E-state index contributed by atoms with van der Waals surface area (Å²) in [5.74, 6) is 1.18. The van der Waals surface area contributed by atoms with Crippen molar-refractivity contribution in [3.63, 3.8) is 0 Å². The summed E-state index contributed by atoms with van der Waals surface area (Å²) in [7, 11) is 0. The Labute approximate surface area is 86.6 Å². The van der Waals surface area contributed by atoms with E-state index in [0.717, 1.165) is 25.4 Å². The molecule has 4 unspecified atom stereocenters. The fraction of sp³-hybridized carbons (Fsp3) is 1.00. The second kappa shape index (κ2) is 4.63. The molecule has 0 aromatic rings. The van der Waals surface area contributed by atoms with E-state index in [1.807, 2.05) is 0 Å². The quantitative estimate of drug-likeness (QED) is 0.703. The lowest BCUT2D eigenvalue weighted by Gasteiger charge is -2.45. The first-order valence-electron chi connectivity index (χ1n) is 6.11. The van der Waals surface area contributed by atoms with E-state index in [0.29, 0.717) is 12.0 Å². The normalized spacial score (nSPS) is 41.6. The van der Waals surface area contributed by atoms with Crippen molar-refractivity contribution in [2.45, 2.75) is 57.7 Å². The molecular weight excluding hydrogens is 176 g/mol. The van der Waals surface area contributed by atoms with E-state index < -0.39 is 0 Å². The fourth-order valence-corrected chi connectivity index (χ4v) is 2.98. The van der Waals surface area contributed by atoms with Gasteiger partial charge < -0.3 is 9.84 Å². The van der Waals surface area contributed by atoms with Gasteiger partial charge in [0.1, 0.15) is 0 Å². The summed E-state index contributed by atoms with van der Waals surface area (Å²) in [6, 6.07) is 0. The van der Waals surface area contributed by atoms with E-state index >= 15 is 0 Å². The van der Waals surface area contributed by atoms with Gasteiger partial charge in [-0.2, -0.15) is 0 Å². The van der Waals surface area contributed by atoms with Crippen LogP contribution in [-0.4, -0.2) is 23.9 Å². The minimum Gasteiger partial charge on any atom is -0.393 e. The van der Waals surface area contributed by atoms with Crippen LogP contribution < -0.4 is 0 Å². The molecule has 2 heteroatoms. The van der Waals surface area contributed by atoms with E-state index in [9.17, 15) is 5.11 Å². The van der Waals surface area contributed by atoms with Crippen LogP contribution in [0.3, 0.4) is 0 Å². The van der Waals surface area contributed by atoms with Crippen molar-refractivity contribution in [3.8, 4) is 0 Å². The molecule has 3 saturated carbocycles. The van der Waals surface area contributed by atoms with Gasteiger partial charge in [-0.1, -0.05) is 13.3 Å². The lowest BCUT2D eigenvalue weighted by Crippen LogP contribution is -2.45. The van der Waals surface area contributed by atoms with Gasteiger partial charge in [-0.25, -0.2) is 0 Å². The smallest absolute Gasteiger partial charge is 0.0630 e. The van der Waals surface area contributed by atoms with Crippen LogP contribution in [0.15, 0.2) is 0 Å². The Kier molecular flexibility index (Phi) is 3.45. The summed E-state index contributed by atoms with van der Waals surface area (Å²) < 4.78 is 5.87. The zero-order valence-corrected chi connectivity index (χ0v) is 9.11. The van der Waals surface area contributed by atoms with E-state index in [1.54, 1.807) is 0 Å². The highest BCUT2D eigenvalue weighted by Gasteiger charge is 2.41. The van der Waals surface area contributed by atoms with Crippen molar-refractivity contribution in [1.82, 2.24) is 0 Å². The molecular formula is C12H22O2. The summed E-state index contributed by atoms with van der Waals surface area (Å²) >= 11 is 0. The molecule has 3 fully saturated rings. The standard InChI is InChI=1S/C12H22O2/c1-2-3-6-14-12-8-9-4-5-10(12)11(13)7-9/h9-13H,2-8H2,1H3. The number of ether oxygens (including phenoxy) is 1. The average Bonchev–Trinajstić information content (AvgIpc) is 2.18. The van der Waals surface area contributed by atoms with E-state index in [-0.39, 0.29) is 6.10 Å². The van der Waals surface area contributed by atoms with Gasteiger partial charge >= 0.3 is 0 Å². The van der Waals surface area contributed by atoms with Gasteiger partial charge in [-0.3, -0.25) is 0 Å². The van der Waals surface area contributed by atoms with Crippen molar-refractivity contribution in [2.75, 3.05) is 6.61 Å². The number of aliphatic hydroxyl groups is 1. The monoisotopic (exact) mass is 198 g/mol. The Morgan fingerprint density at radius 3 is 2.79 bits per heavy atom. The third kappa shape index (κ3) is 2.12. The lowest BCUT2D eigenvalue weighted by atomic mass is 9.67. The Balaban J connectivity index is 1.81. The molecule has 2 nitrogen and oxygen atoms in total. The van der Waals surface area contributed by atoms with Crippen LogP contribution in [0.25, 0.3) is 0 Å². The van der Waals surface area contributed by atoms with E-state index in [1.165, 1.54) is 25.7 Å². The number of hydrogen-bond acceptors (Lipinski definition) is 2. The number of rotatable bonds is 4. The van der Waals surface area contributed by atoms with Crippen LogP contribution >= 0.6 is 0 Å². The lowest BCUT2D eigenvalue weighted by molar-refractivity contribution is -0.111. The molecule has 14 heavy (non-hydrogen) atoms. The Hall–Kier alpha value is -0.0800. The molecule has 0 radical (unpaired) electrons. The Morgan fingerprint density at radius 2 is 2.14 bits per heavy atom. The second-order valence-electron chi connectivity index (χ2n) is 4.91. The average molecular weight is 198 g/mol. The minimum atomic E-state index is -0.0749. The van der Waals surface area contributed by atoms with Crippen molar-refractivity contribution in [1.29, 1.82) is 0 Å². The van der Waals surface area contributed by atoms with Crippen LogP contribution in [0, 0.1) is 11.8 Å². The molecule has 0 aromatic heterocycles. The van der Waals surface area contributed by atoms with Crippen molar-refractivity contribution >= 4 is 0 Å². The molecule has 2 bridgehead atoms. The van der Waals surface area contributed by atoms with Crippen molar-refractivity contribution in [2.24, 2.45) is 11.8 Å². The summed E-state index contributed by atoms with van der Waals surface area (Å²) in [5.41, 5.74) is 0. The largest absolute Gasteiger partial charge is 0.393 e. The van der Waals surface area contributed by atoms with Crippen LogP contribution in [0.2, 0.25) is 0 Å². The molecule has 3 aliphatic rings. The molecule has 0 saturated heterocycles. The number of aliphatic hydroxyl groups excluding tert-OH is 1. The third-order valence-corrected chi connectivity index (χ3v) is 3.85. The van der Waals surface area contributed by atoms with Gasteiger partial charge in [-0.15, -0.1) is 0 Å². The molecule has 1 N–H and O–H groups in total. The predicted molar refractivity (Wildman–Crippen MR) is 56.1 cm³/mol. The fourth-order valence-electron chi connectivity index (χ4n) is 2.98. The first kappa shape index (κ1) is 10.4. The van der Waals surface area contributed by atoms with Gasteiger partial charge in [0.15, 0.2) is 0 Å². The molecule has 0 aliphatic heterocycles. The number of unbranched alkanes of at least 4 members (excludes halogenated alkanes) is 1. The highest BCUT2D eigenvalue weighted by Crippen LogP contribution is 2.42. The van der Waals surface area contributed by atoms with Gasteiger partial charge in [0.25, 0.3) is 0 Å². The Bertz CT molecular complexity index is 181. The van der Waals surface area contributed by atoms with Crippen molar-refractivity contribution < 1.29 is 9.84 Å². The molecule has 0 aromatic carbocycles. The zero-order valence-electron chi connectivity index (χ0n) is 9.11. The molecule has 4 atom stereocenters. The molecule has 0 amide bonds.